The van der Waals surface area contributed by atoms with Crippen molar-refractivity contribution in [3.05, 3.63) is 59.9 Å². The molecule has 8 heteroatoms. The molecule has 0 saturated heterocycles. The van der Waals surface area contributed by atoms with Gasteiger partial charge in [0, 0.05) is 30.5 Å². The predicted molar refractivity (Wildman–Crippen MR) is 103 cm³/mol. The van der Waals surface area contributed by atoms with E-state index in [1.807, 2.05) is 30.3 Å². The van der Waals surface area contributed by atoms with Gasteiger partial charge in [-0.1, -0.05) is 18.2 Å². The molecule has 0 radical (unpaired) electrons. The quantitative estimate of drug-likeness (QED) is 0.754. The van der Waals surface area contributed by atoms with Crippen molar-refractivity contribution in [2.24, 2.45) is 0 Å². The number of nitrogens with one attached hydrogen (secondary N) is 1. The van der Waals surface area contributed by atoms with E-state index in [0.717, 1.165) is 17.3 Å². The van der Waals surface area contributed by atoms with Crippen molar-refractivity contribution >= 4 is 17.5 Å². The lowest BCUT2D eigenvalue weighted by Gasteiger charge is -2.32. The summed E-state index contributed by atoms with van der Waals surface area (Å²) in [5, 5.41) is 11.8. The third-order valence-corrected chi connectivity index (χ3v) is 5.21. The van der Waals surface area contributed by atoms with Gasteiger partial charge >= 0.3 is 0 Å². The van der Waals surface area contributed by atoms with Crippen LogP contribution in [-0.4, -0.2) is 42.1 Å². The summed E-state index contributed by atoms with van der Waals surface area (Å²) in [6, 6.07) is 9.85. The van der Waals surface area contributed by atoms with Crippen LogP contribution in [0.25, 0.3) is 0 Å². The van der Waals surface area contributed by atoms with Gasteiger partial charge in [-0.15, -0.1) is 10.2 Å². The second kappa shape index (κ2) is 6.70. The Morgan fingerprint density at radius 3 is 2.57 bits per heavy atom. The monoisotopic (exact) mass is 375 g/mol. The molecule has 3 heterocycles. The SMILES string of the molecule is C[C@H]1CN(C(=O)c2cnc(Nc3ccccc3)nc2)Cc2nnc(C3CC3)n21. The molecule has 0 spiro atoms. The predicted octanol–water partition coefficient (Wildman–Crippen LogP) is 2.91. The lowest BCUT2D eigenvalue weighted by atomic mass is 10.2. The van der Waals surface area contributed by atoms with Crippen molar-refractivity contribution in [1.29, 1.82) is 0 Å². The summed E-state index contributed by atoms with van der Waals surface area (Å²) in [5.41, 5.74) is 1.37. The summed E-state index contributed by atoms with van der Waals surface area (Å²) < 4.78 is 2.21. The van der Waals surface area contributed by atoms with Gasteiger partial charge in [0.15, 0.2) is 5.82 Å². The summed E-state index contributed by atoms with van der Waals surface area (Å²) >= 11 is 0. The number of anilines is 2. The van der Waals surface area contributed by atoms with Crippen LogP contribution >= 0.6 is 0 Å². The lowest BCUT2D eigenvalue weighted by molar-refractivity contribution is 0.0679. The minimum atomic E-state index is -0.0830. The van der Waals surface area contributed by atoms with Crippen molar-refractivity contribution in [2.45, 2.75) is 38.3 Å². The van der Waals surface area contributed by atoms with Crippen LogP contribution in [0.3, 0.4) is 0 Å². The second-order valence-electron chi connectivity index (χ2n) is 7.44. The van der Waals surface area contributed by atoms with E-state index in [0.29, 0.717) is 30.5 Å². The van der Waals surface area contributed by atoms with Crippen LogP contribution in [0.15, 0.2) is 42.7 Å². The summed E-state index contributed by atoms with van der Waals surface area (Å²) in [4.78, 5) is 23.3. The third-order valence-electron chi connectivity index (χ3n) is 5.21. The molecule has 28 heavy (non-hydrogen) atoms. The van der Waals surface area contributed by atoms with E-state index in [4.69, 9.17) is 0 Å². The molecular formula is C20H21N7O. The average molecular weight is 375 g/mol. The Morgan fingerprint density at radius 1 is 1.11 bits per heavy atom. The normalized spacial score (nSPS) is 18.6. The third kappa shape index (κ3) is 3.11. The van der Waals surface area contributed by atoms with Gasteiger partial charge in [-0.3, -0.25) is 4.79 Å². The number of amides is 1. The molecule has 2 aromatic heterocycles. The van der Waals surface area contributed by atoms with Crippen LogP contribution in [-0.2, 0) is 6.54 Å². The maximum atomic E-state index is 12.9. The Kier molecular flexibility index (Phi) is 4.03. The molecule has 0 bridgehead atoms. The van der Waals surface area contributed by atoms with Gasteiger partial charge in [0.25, 0.3) is 5.91 Å². The molecular weight excluding hydrogens is 354 g/mol. The Labute approximate surface area is 162 Å². The molecule has 1 atom stereocenters. The van der Waals surface area contributed by atoms with E-state index in [9.17, 15) is 4.79 Å². The van der Waals surface area contributed by atoms with E-state index < -0.39 is 0 Å². The van der Waals surface area contributed by atoms with Crippen LogP contribution in [0.1, 0.15) is 53.7 Å². The molecule has 142 valence electrons. The Morgan fingerprint density at radius 2 is 1.86 bits per heavy atom. The molecule has 5 rings (SSSR count). The molecule has 0 unspecified atom stereocenters. The van der Waals surface area contributed by atoms with Crippen molar-refractivity contribution in [2.75, 3.05) is 11.9 Å². The van der Waals surface area contributed by atoms with Crippen LogP contribution in [0, 0.1) is 0 Å². The largest absolute Gasteiger partial charge is 0.329 e. The number of aromatic nitrogens is 5. The summed E-state index contributed by atoms with van der Waals surface area (Å²) in [7, 11) is 0. The maximum Gasteiger partial charge on any atom is 0.257 e. The summed E-state index contributed by atoms with van der Waals surface area (Å²) in [5.74, 6) is 2.86. The Hall–Kier alpha value is -3.29. The van der Waals surface area contributed by atoms with Crippen LogP contribution in [0.5, 0.6) is 0 Å². The maximum absolute atomic E-state index is 12.9. The average Bonchev–Trinajstić information content (AvgIpc) is 3.47. The fourth-order valence-corrected chi connectivity index (χ4v) is 3.67. The number of carbonyl (C=O) groups is 1. The molecule has 1 N–H and O–H groups in total. The van der Waals surface area contributed by atoms with Gasteiger partial charge in [-0.2, -0.15) is 0 Å². The number of para-hydroxylation sites is 1. The van der Waals surface area contributed by atoms with Crippen LogP contribution < -0.4 is 5.32 Å². The van der Waals surface area contributed by atoms with Crippen LogP contribution in [0.2, 0.25) is 0 Å². The molecule has 1 aliphatic carbocycles. The first-order valence-electron chi connectivity index (χ1n) is 9.56. The number of hydrogen-bond donors (Lipinski definition) is 1. The molecule has 1 saturated carbocycles. The summed E-state index contributed by atoms with van der Waals surface area (Å²) in [6.07, 6.45) is 5.52. The number of rotatable bonds is 4. The number of nitrogens with zero attached hydrogens (tertiary/aromatic N) is 6. The van der Waals surface area contributed by atoms with Gasteiger partial charge in [0.2, 0.25) is 5.95 Å². The fourth-order valence-electron chi connectivity index (χ4n) is 3.67. The van der Waals surface area contributed by atoms with Gasteiger partial charge in [-0.25, -0.2) is 9.97 Å². The van der Waals surface area contributed by atoms with Crippen molar-refractivity contribution in [3.63, 3.8) is 0 Å². The van der Waals surface area contributed by atoms with Gasteiger partial charge < -0.3 is 14.8 Å². The fraction of sp³-hybridized carbons (Fsp3) is 0.350. The van der Waals surface area contributed by atoms with Gasteiger partial charge in [0.1, 0.15) is 5.82 Å². The number of carbonyl (C=O) groups excluding carboxylic acids is 1. The molecule has 2 aliphatic rings. The van der Waals surface area contributed by atoms with E-state index in [-0.39, 0.29) is 11.9 Å². The summed E-state index contributed by atoms with van der Waals surface area (Å²) in [6.45, 7) is 3.21. The van der Waals surface area contributed by atoms with Gasteiger partial charge in [0.05, 0.1) is 18.2 Å². The molecule has 1 fully saturated rings. The minimum Gasteiger partial charge on any atom is -0.329 e. The van der Waals surface area contributed by atoms with Crippen LogP contribution in [0.4, 0.5) is 11.6 Å². The first-order valence-corrected chi connectivity index (χ1v) is 9.56. The van der Waals surface area contributed by atoms with E-state index in [2.05, 4.69) is 37.0 Å². The number of benzene rings is 1. The molecule has 8 nitrogen and oxygen atoms in total. The standard InChI is InChI=1S/C20H21N7O/c1-13-11-26(12-17-24-25-18(27(13)17)14-7-8-14)19(28)15-9-21-20(22-10-15)23-16-5-3-2-4-6-16/h2-6,9-10,13-14H,7-8,11-12H2,1H3,(H,21,22,23)/t13-/m0/s1. The van der Waals surface area contributed by atoms with E-state index in [1.54, 1.807) is 17.3 Å². The highest BCUT2D eigenvalue weighted by molar-refractivity contribution is 5.93. The van der Waals surface area contributed by atoms with Crippen molar-refractivity contribution in [3.8, 4) is 0 Å². The zero-order chi connectivity index (χ0) is 19.1. The smallest absolute Gasteiger partial charge is 0.257 e. The topological polar surface area (TPSA) is 88.8 Å². The highest BCUT2D eigenvalue weighted by Crippen LogP contribution is 2.41. The molecule has 1 aromatic carbocycles. The number of hydrogen-bond acceptors (Lipinski definition) is 6. The zero-order valence-electron chi connectivity index (χ0n) is 15.6. The first kappa shape index (κ1) is 16.9. The molecule has 1 aliphatic heterocycles. The Bertz CT molecular complexity index is 995. The Balaban J connectivity index is 1.31. The lowest BCUT2D eigenvalue weighted by Crippen LogP contribution is -2.40. The first-order chi connectivity index (χ1) is 13.7. The van der Waals surface area contributed by atoms with E-state index >= 15 is 0 Å². The second-order valence-corrected chi connectivity index (χ2v) is 7.44. The van der Waals surface area contributed by atoms with E-state index in [1.165, 1.54) is 12.8 Å². The van der Waals surface area contributed by atoms with Crippen molar-refractivity contribution < 1.29 is 4.79 Å². The zero-order valence-corrected chi connectivity index (χ0v) is 15.6. The van der Waals surface area contributed by atoms with Crippen molar-refractivity contribution in [1.82, 2.24) is 29.6 Å². The molecule has 3 aromatic rings. The number of fused-ring (bicyclic) bond motifs is 1. The minimum absolute atomic E-state index is 0.0830. The van der Waals surface area contributed by atoms with Gasteiger partial charge in [-0.05, 0) is 31.9 Å². The molecule has 1 amide bonds. The highest BCUT2D eigenvalue weighted by atomic mass is 16.2. The highest BCUT2D eigenvalue weighted by Gasteiger charge is 2.35.